The molecule has 0 atom stereocenters. The molecule has 7 heteroatoms. The summed E-state index contributed by atoms with van der Waals surface area (Å²) < 4.78 is 0.832. The molecule has 5 N–H and O–H groups in total. The van der Waals surface area contributed by atoms with Crippen molar-refractivity contribution in [2.45, 2.75) is 6.42 Å². The van der Waals surface area contributed by atoms with Crippen LogP contribution in [-0.4, -0.2) is 28.2 Å². The first kappa shape index (κ1) is 22.7. The summed E-state index contributed by atoms with van der Waals surface area (Å²) in [6.45, 7) is 0.422. The van der Waals surface area contributed by atoms with E-state index in [-0.39, 0.29) is 28.8 Å². The number of anilines is 1. The molecule has 174 valence electrons. The van der Waals surface area contributed by atoms with E-state index < -0.39 is 0 Å². The van der Waals surface area contributed by atoms with E-state index in [4.69, 9.17) is 5.73 Å². The van der Waals surface area contributed by atoms with Gasteiger partial charge in [-0.1, -0.05) is 76.6 Å². The van der Waals surface area contributed by atoms with Crippen molar-refractivity contribution in [3.8, 4) is 11.1 Å². The second-order valence-electron chi connectivity index (χ2n) is 8.23. The van der Waals surface area contributed by atoms with E-state index in [9.17, 15) is 9.59 Å². The highest BCUT2D eigenvalue weighted by Crippen LogP contribution is 2.34. The van der Waals surface area contributed by atoms with Gasteiger partial charge in [0.2, 0.25) is 5.78 Å². The van der Waals surface area contributed by atoms with Crippen LogP contribution in [0.2, 0.25) is 0 Å². The van der Waals surface area contributed by atoms with Crippen molar-refractivity contribution in [2.24, 2.45) is 0 Å². The molecule has 35 heavy (non-hydrogen) atoms. The minimum Gasteiger partial charge on any atom is -0.385 e. The molecule has 0 aliphatic rings. The summed E-state index contributed by atoms with van der Waals surface area (Å²) in [5, 5.41) is 4.12. The van der Waals surface area contributed by atoms with Gasteiger partial charge >= 0.3 is 0 Å². The number of hydrogen-bond acceptors (Lipinski definition) is 3. The van der Waals surface area contributed by atoms with Crippen LogP contribution in [0.1, 0.15) is 32.0 Å². The summed E-state index contributed by atoms with van der Waals surface area (Å²) in [5.41, 5.74) is 10.7. The quantitative estimate of drug-likeness (QED) is 0.204. The smallest absolute Gasteiger partial charge is 0.255 e. The number of nitrogen functional groups attached to an aromatic ring is 1. The Bertz CT molecular complexity index is 1540. The molecule has 1 amide bonds. The number of halogens is 1. The number of carbonyl (C=O) groups excluding carboxylic acids is 2. The minimum atomic E-state index is -0.333. The molecule has 2 aromatic heterocycles. The Morgan fingerprint density at radius 3 is 2.51 bits per heavy atom. The van der Waals surface area contributed by atoms with E-state index in [1.165, 1.54) is 0 Å². The highest BCUT2D eigenvalue weighted by atomic mass is 79.9. The fraction of sp³-hybridized carbons (Fsp3) is 0.0714. The van der Waals surface area contributed by atoms with Crippen LogP contribution in [0.15, 0.2) is 89.5 Å². The maximum Gasteiger partial charge on any atom is 0.255 e. The fourth-order valence-corrected chi connectivity index (χ4v) is 4.73. The first-order chi connectivity index (χ1) is 17.0. The molecule has 3 aromatic carbocycles. The van der Waals surface area contributed by atoms with E-state index in [1.807, 2.05) is 54.7 Å². The monoisotopic (exact) mass is 526 g/mol. The average molecular weight is 527 g/mol. The Balaban J connectivity index is 1.47. The van der Waals surface area contributed by atoms with Gasteiger partial charge in [-0.25, -0.2) is 0 Å². The van der Waals surface area contributed by atoms with Gasteiger partial charge in [-0.2, -0.15) is 0 Å². The van der Waals surface area contributed by atoms with Crippen molar-refractivity contribution in [2.75, 3.05) is 12.3 Å². The van der Waals surface area contributed by atoms with Gasteiger partial charge < -0.3 is 21.0 Å². The van der Waals surface area contributed by atoms with Gasteiger partial charge in [0.1, 0.15) is 5.82 Å². The van der Waals surface area contributed by atoms with E-state index >= 15 is 0 Å². The predicted molar refractivity (Wildman–Crippen MR) is 143 cm³/mol. The van der Waals surface area contributed by atoms with E-state index in [1.54, 1.807) is 24.3 Å². The minimum absolute atomic E-state index is 0.156. The predicted octanol–water partition coefficient (Wildman–Crippen LogP) is 5.71. The lowest BCUT2D eigenvalue weighted by Crippen LogP contribution is -2.26. The summed E-state index contributed by atoms with van der Waals surface area (Å²) in [4.78, 5) is 33.0. The van der Waals surface area contributed by atoms with Crippen molar-refractivity contribution < 1.29 is 9.59 Å². The third kappa shape index (κ3) is 4.50. The first-order valence-corrected chi connectivity index (χ1v) is 12.0. The van der Waals surface area contributed by atoms with Crippen LogP contribution in [0.5, 0.6) is 0 Å². The SMILES string of the molecule is Nc1[nH]c(C(=O)c2ccccc2)c(-c2cccc(Br)c2)c1C(=O)NCCc1c[nH]c2ccccc12. The van der Waals surface area contributed by atoms with Crippen molar-refractivity contribution in [1.29, 1.82) is 0 Å². The molecule has 0 saturated carbocycles. The summed E-state index contributed by atoms with van der Waals surface area (Å²) in [6.07, 6.45) is 2.62. The Kier molecular flexibility index (Phi) is 6.25. The number of aromatic amines is 2. The lowest BCUT2D eigenvalue weighted by molar-refractivity contribution is 0.0955. The molecule has 0 aliphatic heterocycles. The molecule has 0 radical (unpaired) electrons. The third-order valence-corrected chi connectivity index (χ3v) is 6.48. The number of ketones is 1. The molecule has 0 saturated heterocycles. The third-order valence-electron chi connectivity index (χ3n) is 5.99. The van der Waals surface area contributed by atoms with Gasteiger partial charge in [0.05, 0.1) is 11.3 Å². The molecule has 5 aromatic rings. The average Bonchev–Trinajstić information content (AvgIpc) is 3.45. The van der Waals surface area contributed by atoms with Gasteiger partial charge in [0.15, 0.2) is 0 Å². The molecule has 0 aliphatic carbocycles. The number of H-pyrrole nitrogens is 2. The van der Waals surface area contributed by atoms with Crippen molar-refractivity contribution in [1.82, 2.24) is 15.3 Å². The van der Waals surface area contributed by atoms with Gasteiger partial charge in [0, 0.05) is 39.2 Å². The molecule has 0 fully saturated rings. The van der Waals surface area contributed by atoms with Crippen LogP contribution in [0.3, 0.4) is 0 Å². The highest BCUT2D eigenvalue weighted by molar-refractivity contribution is 9.10. The van der Waals surface area contributed by atoms with Gasteiger partial charge in [-0.05, 0) is 35.7 Å². The van der Waals surface area contributed by atoms with Crippen LogP contribution in [0.4, 0.5) is 5.82 Å². The van der Waals surface area contributed by atoms with Crippen molar-refractivity contribution in [3.05, 3.63) is 112 Å². The number of benzene rings is 3. The van der Waals surface area contributed by atoms with Crippen LogP contribution in [0, 0.1) is 0 Å². The van der Waals surface area contributed by atoms with E-state index in [2.05, 4.69) is 37.3 Å². The lowest BCUT2D eigenvalue weighted by Gasteiger charge is -2.10. The molecule has 0 unspecified atom stereocenters. The topological polar surface area (TPSA) is 104 Å². The molecular weight excluding hydrogens is 504 g/mol. The molecule has 5 rings (SSSR count). The second kappa shape index (κ2) is 9.64. The van der Waals surface area contributed by atoms with Crippen molar-refractivity contribution >= 4 is 44.3 Å². The Morgan fingerprint density at radius 1 is 0.943 bits per heavy atom. The number of aromatic nitrogens is 2. The van der Waals surface area contributed by atoms with Crippen molar-refractivity contribution in [3.63, 3.8) is 0 Å². The van der Waals surface area contributed by atoms with Crippen LogP contribution in [-0.2, 0) is 6.42 Å². The number of para-hydroxylation sites is 1. The number of nitrogens with two attached hydrogens (primary N) is 1. The maximum absolute atomic E-state index is 13.4. The lowest BCUT2D eigenvalue weighted by atomic mass is 9.96. The maximum atomic E-state index is 13.4. The number of carbonyl (C=O) groups is 2. The summed E-state index contributed by atoms with van der Waals surface area (Å²) in [7, 11) is 0. The summed E-state index contributed by atoms with van der Waals surface area (Å²) in [5.74, 6) is -0.408. The number of nitrogens with one attached hydrogen (secondary N) is 3. The Morgan fingerprint density at radius 2 is 1.71 bits per heavy atom. The number of amides is 1. The van der Waals surface area contributed by atoms with E-state index in [0.717, 1.165) is 20.9 Å². The first-order valence-electron chi connectivity index (χ1n) is 11.2. The number of fused-ring (bicyclic) bond motifs is 1. The zero-order valence-corrected chi connectivity index (χ0v) is 20.4. The Labute approximate surface area is 210 Å². The molecule has 0 spiro atoms. The molecule has 2 heterocycles. The number of rotatable bonds is 7. The van der Waals surface area contributed by atoms with Gasteiger partial charge in [-0.3, -0.25) is 9.59 Å². The standard InChI is InChI=1S/C28H23BrN4O2/c29-20-10-6-9-18(15-20)23-24(27(30)33-25(23)26(34)17-7-2-1-3-8-17)28(35)31-14-13-19-16-32-22-12-5-4-11-21(19)22/h1-12,15-16,32-33H,13-14,30H2,(H,31,35). The highest BCUT2D eigenvalue weighted by Gasteiger charge is 2.27. The molecular formula is C28H23BrN4O2. The number of hydrogen-bond donors (Lipinski definition) is 4. The van der Waals surface area contributed by atoms with E-state index in [0.29, 0.717) is 29.7 Å². The fourth-order valence-electron chi connectivity index (χ4n) is 4.33. The second-order valence-corrected chi connectivity index (χ2v) is 9.15. The summed E-state index contributed by atoms with van der Waals surface area (Å²) in [6, 6.07) is 24.5. The molecule has 0 bridgehead atoms. The van der Waals surface area contributed by atoms with Gasteiger partial charge in [0.25, 0.3) is 5.91 Å². The zero-order valence-electron chi connectivity index (χ0n) is 18.8. The van der Waals surface area contributed by atoms with Gasteiger partial charge in [-0.15, -0.1) is 0 Å². The zero-order chi connectivity index (χ0) is 24.4. The van der Waals surface area contributed by atoms with Crippen LogP contribution >= 0.6 is 15.9 Å². The molecule has 6 nitrogen and oxygen atoms in total. The Hall–Kier alpha value is -4.10. The van der Waals surface area contributed by atoms with Crippen LogP contribution in [0.25, 0.3) is 22.0 Å². The summed E-state index contributed by atoms with van der Waals surface area (Å²) >= 11 is 3.49. The van der Waals surface area contributed by atoms with Crippen LogP contribution < -0.4 is 11.1 Å². The normalized spacial score (nSPS) is 11.0. The largest absolute Gasteiger partial charge is 0.385 e.